The monoisotopic (exact) mass is 669 g/mol. The van der Waals surface area contributed by atoms with E-state index in [0.717, 1.165) is 5.56 Å². The van der Waals surface area contributed by atoms with Crippen LogP contribution in [0.4, 0.5) is 0 Å². The molecule has 0 aliphatic carbocycles. The number of benzene rings is 2. The minimum Gasteiger partial charge on any atom is -0.495 e. The summed E-state index contributed by atoms with van der Waals surface area (Å²) in [5.74, 6) is -3.96. The fourth-order valence-electron chi connectivity index (χ4n) is 5.29. The molecule has 0 saturated carbocycles. The van der Waals surface area contributed by atoms with Gasteiger partial charge in [-0.15, -0.1) is 0 Å². The van der Waals surface area contributed by atoms with E-state index in [1.165, 1.54) is 33.1 Å². The molecule has 2 heterocycles. The van der Waals surface area contributed by atoms with Gasteiger partial charge in [0.15, 0.2) is 0 Å². The summed E-state index contributed by atoms with van der Waals surface area (Å²) in [7, 11) is 1.48. The van der Waals surface area contributed by atoms with Gasteiger partial charge in [0.2, 0.25) is 17.7 Å². The number of hydrogen-bond donors (Lipinski definition) is 4. The number of hydrogen-bond acceptors (Lipinski definition) is 8. The average Bonchev–Trinajstić information content (AvgIpc) is 3.83. The molecular weight excluding hydrogens is 630 g/mol. The maximum Gasteiger partial charge on any atom is 0.329 e. The normalized spacial score (nSPS) is 26.5. The van der Waals surface area contributed by atoms with E-state index in [4.69, 9.17) is 25.8 Å². The average molecular weight is 670 g/mol. The molecule has 2 aliphatic heterocycles. The molecule has 252 valence electrons. The number of nitrogens with one attached hydrogen (secondary N) is 3. The third-order valence-electron chi connectivity index (χ3n) is 8.24. The van der Waals surface area contributed by atoms with Gasteiger partial charge in [0.05, 0.1) is 30.1 Å². The second-order valence-corrected chi connectivity index (χ2v) is 12.8. The van der Waals surface area contributed by atoms with E-state index >= 15 is 0 Å². The Kier molecular flexibility index (Phi) is 11.6. The fourth-order valence-corrected chi connectivity index (χ4v) is 5.57. The zero-order valence-corrected chi connectivity index (χ0v) is 27.4. The van der Waals surface area contributed by atoms with Crippen LogP contribution in [0.1, 0.15) is 50.8 Å². The molecule has 12 nitrogen and oxygen atoms in total. The van der Waals surface area contributed by atoms with Gasteiger partial charge < -0.3 is 35.3 Å². The number of carbonyl (C=O) groups excluding carboxylic acids is 4. The SMILES string of the molecule is COc1ccc(C[C@H]2NC(=O)/C=C/C[C@@H]([C@H](C)[C@H]3O[C@@H]3c3ccccc3)OC(=O)[C@H](CC(=O)O)NC(=O)C(C)(C)CNC2=O)cc1Cl. The highest BCUT2D eigenvalue weighted by Crippen LogP contribution is 2.45. The summed E-state index contributed by atoms with van der Waals surface area (Å²) < 4.78 is 17.0. The standard InChI is InChI=1S/C34H40ClN3O9/c1-19(29-30(47-29)21-9-6-5-7-10-21)25-11-8-12-27(39)37-23(16-20-13-14-26(45-4)22(35)15-20)31(42)36-18-34(2,3)33(44)38-24(17-28(40)41)32(43)46-25/h5-10,12-15,19,23-25,29-30H,11,16-18H2,1-4H3,(H,36,42)(H,37,39)(H,38,44)(H,40,41)/b12-8+/t19-,23+,24-,25-,29+,30+/m0/s1. The number of carboxylic acids is 1. The van der Waals surface area contributed by atoms with Crippen LogP contribution in [0.25, 0.3) is 0 Å². The van der Waals surface area contributed by atoms with Crippen LogP contribution in [0, 0.1) is 11.3 Å². The molecule has 6 atom stereocenters. The van der Waals surface area contributed by atoms with Crippen molar-refractivity contribution in [3.05, 3.63) is 76.8 Å². The molecule has 2 aromatic rings. The molecule has 4 rings (SSSR count). The van der Waals surface area contributed by atoms with Gasteiger partial charge in [-0.25, -0.2) is 4.79 Å². The Labute approximate surface area is 278 Å². The van der Waals surface area contributed by atoms with Gasteiger partial charge in [0.1, 0.15) is 30.0 Å². The predicted octanol–water partition coefficient (Wildman–Crippen LogP) is 3.13. The fraction of sp³-hybridized carbons (Fsp3) is 0.441. The van der Waals surface area contributed by atoms with Crippen LogP contribution in [-0.2, 0) is 39.9 Å². The largest absolute Gasteiger partial charge is 0.495 e. The predicted molar refractivity (Wildman–Crippen MR) is 171 cm³/mol. The highest BCUT2D eigenvalue weighted by molar-refractivity contribution is 6.32. The number of carboxylic acid groups (broad SMARTS) is 1. The van der Waals surface area contributed by atoms with Gasteiger partial charge in [-0.05, 0) is 43.2 Å². The molecule has 3 amide bonds. The molecule has 0 radical (unpaired) electrons. The van der Waals surface area contributed by atoms with Gasteiger partial charge in [0, 0.05) is 25.3 Å². The summed E-state index contributed by atoms with van der Waals surface area (Å²) in [6, 6.07) is 12.0. The van der Waals surface area contributed by atoms with E-state index in [2.05, 4.69) is 16.0 Å². The highest BCUT2D eigenvalue weighted by Gasteiger charge is 2.47. The number of aliphatic carboxylic acids is 1. The summed E-state index contributed by atoms with van der Waals surface area (Å²) >= 11 is 6.29. The first-order chi connectivity index (χ1) is 22.3. The smallest absolute Gasteiger partial charge is 0.329 e. The first kappa shape index (κ1) is 35.4. The van der Waals surface area contributed by atoms with Crippen molar-refractivity contribution >= 4 is 41.3 Å². The van der Waals surface area contributed by atoms with Gasteiger partial charge in [-0.2, -0.15) is 0 Å². The molecule has 47 heavy (non-hydrogen) atoms. The Bertz CT molecular complexity index is 1510. The number of ether oxygens (including phenoxy) is 3. The van der Waals surface area contributed by atoms with Crippen LogP contribution in [0.3, 0.4) is 0 Å². The van der Waals surface area contributed by atoms with Crippen molar-refractivity contribution in [2.75, 3.05) is 13.7 Å². The Morgan fingerprint density at radius 3 is 2.47 bits per heavy atom. The summed E-state index contributed by atoms with van der Waals surface area (Å²) in [5.41, 5.74) is 0.333. The van der Waals surface area contributed by atoms with Crippen molar-refractivity contribution in [3.63, 3.8) is 0 Å². The van der Waals surface area contributed by atoms with Crippen molar-refractivity contribution < 1.29 is 43.3 Å². The topological polar surface area (TPSA) is 173 Å². The van der Waals surface area contributed by atoms with E-state index in [1.54, 1.807) is 18.2 Å². The zero-order valence-electron chi connectivity index (χ0n) is 26.7. The molecule has 0 unspecified atom stereocenters. The van der Waals surface area contributed by atoms with Crippen molar-refractivity contribution in [1.29, 1.82) is 0 Å². The molecule has 1 fully saturated rings. The summed E-state index contributed by atoms with van der Waals surface area (Å²) in [4.78, 5) is 64.9. The zero-order chi connectivity index (χ0) is 34.3. The molecule has 0 spiro atoms. The number of epoxide rings is 1. The molecule has 2 aliphatic rings. The lowest BCUT2D eigenvalue weighted by Crippen LogP contribution is -2.54. The van der Waals surface area contributed by atoms with E-state index in [0.29, 0.717) is 16.3 Å². The Hall–Kier alpha value is -4.42. The second-order valence-electron chi connectivity index (χ2n) is 12.4. The lowest BCUT2D eigenvalue weighted by molar-refractivity contribution is -0.159. The van der Waals surface area contributed by atoms with Crippen LogP contribution < -0.4 is 20.7 Å². The number of halogens is 1. The molecule has 0 bridgehead atoms. The van der Waals surface area contributed by atoms with Crippen molar-refractivity contribution in [1.82, 2.24) is 16.0 Å². The lowest BCUT2D eigenvalue weighted by atomic mass is 9.91. The Balaban J connectivity index is 1.61. The number of amides is 3. The number of carbonyl (C=O) groups is 5. The van der Waals surface area contributed by atoms with E-state index in [-0.39, 0.29) is 37.5 Å². The maximum absolute atomic E-state index is 13.4. The van der Waals surface area contributed by atoms with Gasteiger partial charge in [0.25, 0.3) is 0 Å². The van der Waals surface area contributed by atoms with Crippen molar-refractivity contribution in [2.24, 2.45) is 11.3 Å². The highest BCUT2D eigenvalue weighted by atomic mass is 35.5. The van der Waals surface area contributed by atoms with Gasteiger partial charge in [-0.3, -0.25) is 19.2 Å². The molecule has 2 aromatic carbocycles. The van der Waals surface area contributed by atoms with Crippen molar-refractivity contribution in [3.8, 4) is 5.75 Å². The van der Waals surface area contributed by atoms with E-state index in [9.17, 15) is 29.1 Å². The van der Waals surface area contributed by atoms with E-state index in [1.807, 2.05) is 37.3 Å². The number of methoxy groups -OCH3 is 1. The van der Waals surface area contributed by atoms with Crippen molar-refractivity contribution in [2.45, 2.75) is 70.4 Å². The molecule has 13 heteroatoms. The number of cyclic esters (lactones) is 1. The van der Waals surface area contributed by atoms with Crippen LogP contribution in [-0.4, -0.2) is 72.7 Å². The summed E-state index contributed by atoms with van der Waals surface area (Å²) in [5, 5.41) is 17.8. The molecule has 4 N–H and O–H groups in total. The summed E-state index contributed by atoms with van der Waals surface area (Å²) in [6.45, 7) is 4.73. The first-order valence-corrected chi connectivity index (χ1v) is 15.7. The van der Waals surface area contributed by atoms with Gasteiger partial charge >= 0.3 is 11.9 Å². The number of esters is 1. The second kappa shape index (κ2) is 15.4. The Morgan fingerprint density at radius 1 is 1.09 bits per heavy atom. The van der Waals surface area contributed by atoms with Gasteiger partial charge in [-0.1, -0.05) is 61.0 Å². The van der Waals surface area contributed by atoms with E-state index < -0.39 is 59.7 Å². The minimum atomic E-state index is -1.50. The third-order valence-corrected chi connectivity index (χ3v) is 8.54. The van der Waals surface area contributed by atoms with Crippen LogP contribution in [0.5, 0.6) is 5.75 Å². The first-order valence-electron chi connectivity index (χ1n) is 15.3. The van der Waals surface area contributed by atoms with Crippen LogP contribution in [0.15, 0.2) is 60.7 Å². The quantitative estimate of drug-likeness (QED) is 0.243. The molecule has 1 saturated heterocycles. The summed E-state index contributed by atoms with van der Waals surface area (Å²) in [6.07, 6.45) is 0.848. The third kappa shape index (κ3) is 9.55. The Morgan fingerprint density at radius 2 is 1.81 bits per heavy atom. The lowest BCUT2D eigenvalue weighted by Gasteiger charge is -2.29. The molecule has 0 aromatic heterocycles. The minimum absolute atomic E-state index is 0.0753. The number of rotatable bonds is 8. The maximum atomic E-state index is 13.4. The van der Waals surface area contributed by atoms with Crippen LogP contribution in [0.2, 0.25) is 5.02 Å². The van der Waals surface area contributed by atoms with Crippen LogP contribution >= 0.6 is 11.6 Å². The molecular formula is C34H40ClN3O9.